The molecule has 0 fully saturated rings. The smallest absolute Gasteiger partial charge is 0.342 e. The van der Waals surface area contributed by atoms with Crippen LogP contribution in [0.2, 0.25) is 0 Å². The first kappa shape index (κ1) is 9.43. The number of esters is 1. The minimum atomic E-state index is -1.66. The van der Waals surface area contributed by atoms with E-state index in [2.05, 4.69) is 20.7 Å². The average molecular weight is 255 g/mol. The number of hydrogen-bond acceptors (Lipinski definition) is 3. The van der Waals surface area contributed by atoms with E-state index in [1.807, 2.05) is 18.2 Å². The summed E-state index contributed by atoms with van der Waals surface area (Å²) >= 11 is 2.86. The van der Waals surface area contributed by atoms with E-state index in [9.17, 15) is 9.90 Å². The zero-order chi connectivity index (χ0) is 10.2. The molecule has 0 radical (unpaired) electrons. The van der Waals surface area contributed by atoms with Crippen LogP contribution in [0.25, 0.3) is 5.57 Å². The maximum Gasteiger partial charge on any atom is 0.342 e. The van der Waals surface area contributed by atoms with E-state index >= 15 is 0 Å². The molecule has 0 aliphatic carbocycles. The molecule has 1 aliphatic rings. The number of rotatable bonds is 1. The number of cyclic esters (lactones) is 1. The molecular formula is C10H7BrO3. The highest BCUT2D eigenvalue weighted by Gasteiger charge is 2.36. The Kier molecular flexibility index (Phi) is 2.17. The molecule has 72 valence electrons. The monoisotopic (exact) mass is 254 g/mol. The summed E-state index contributed by atoms with van der Waals surface area (Å²) in [7, 11) is 0. The molecule has 0 saturated carbocycles. The summed E-state index contributed by atoms with van der Waals surface area (Å²) < 4.78 is 3.00. The molecule has 1 aromatic rings. The molecule has 1 N–H and O–H groups in total. The van der Waals surface area contributed by atoms with Crippen LogP contribution in [-0.2, 0) is 9.53 Å². The third kappa shape index (κ3) is 1.71. The molecule has 0 aromatic heterocycles. The van der Waals surface area contributed by atoms with E-state index in [-0.39, 0.29) is 0 Å². The van der Waals surface area contributed by atoms with E-state index < -0.39 is 10.7 Å². The highest BCUT2D eigenvalue weighted by molar-refractivity contribution is 9.10. The summed E-state index contributed by atoms with van der Waals surface area (Å²) in [6.07, 6.45) is 1.34. The molecule has 0 saturated heterocycles. The first-order chi connectivity index (χ1) is 6.58. The Hall–Kier alpha value is -1.13. The van der Waals surface area contributed by atoms with Gasteiger partial charge in [-0.25, -0.2) is 4.79 Å². The van der Waals surface area contributed by atoms with Crippen molar-refractivity contribution in [3.63, 3.8) is 0 Å². The molecule has 4 heteroatoms. The van der Waals surface area contributed by atoms with Gasteiger partial charge in [-0.2, -0.15) is 0 Å². The van der Waals surface area contributed by atoms with Crippen LogP contribution in [0.15, 0.2) is 36.4 Å². The number of aliphatic hydroxyl groups is 1. The van der Waals surface area contributed by atoms with Gasteiger partial charge in [0.1, 0.15) is 0 Å². The van der Waals surface area contributed by atoms with E-state index in [4.69, 9.17) is 0 Å². The molecule has 0 spiro atoms. The molecule has 1 heterocycles. The number of ether oxygens (including phenoxy) is 1. The quantitative estimate of drug-likeness (QED) is 0.613. The SMILES string of the molecule is O=C1OC(O)(Br)C=C1c1ccccc1. The lowest BCUT2D eigenvalue weighted by atomic mass is 10.1. The van der Waals surface area contributed by atoms with Crippen LogP contribution >= 0.6 is 15.9 Å². The molecule has 0 bridgehead atoms. The van der Waals surface area contributed by atoms with Crippen molar-refractivity contribution < 1.29 is 14.6 Å². The normalized spacial score (nSPS) is 25.9. The van der Waals surface area contributed by atoms with E-state index in [1.54, 1.807) is 12.1 Å². The number of alkyl halides is 1. The summed E-state index contributed by atoms with van der Waals surface area (Å²) in [5.41, 5.74) is 1.10. The lowest BCUT2D eigenvalue weighted by Gasteiger charge is -2.08. The predicted octanol–water partition coefficient (Wildman–Crippen LogP) is 1.67. The van der Waals surface area contributed by atoms with Gasteiger partial charge in [-0.3, -0.25) is 0 Å². The fraction of sp³-hybridized carbons (Fsp3) is 0.100. The van der Waals surface area contributed by atoms with Gasteiger partial charge < -0.3 is 9.84 Å². The van der Waals surface area contributed by atoms with Crippen molar-refractivity contribution in [1.29, 1.82) is 0 Å². The van der Waals surface area contributed by atoms with Gasteiger partial charge in [0.2, 0.25) is 0 Å². The zero-order valence-corrected chi connectivity index (χ0v) is 8.69. The van der Waals surface area contributed by atoms with Gasteiger partial charge in [0.05, 0.1) is 5.57 Å². The van der Waals surface area contributed by atoms with Gasteiger partial charge in [-0.1, -0.05) is 30.3 Å². The summed E-state index contributed by atoms with van der Waals surface area (Å²) in [6, 6.07) is 9.04. The number of carbonyl (C=O) groups is 1. The molecule has 2 rings (SSSR count). The van der Waals surface area contributed by atoms with Gasteiger partial charge in [-0.05, 0) is 21.5 Å². The summed E-state index contributed by atoms with van der Waals surface area (Å²) in [6.45, 7) is 0. The Labute approximate surface area is 89.1 Å². The van der Waals surface area contributed by atoms with E-state index in [0.29, 0.717) is 5.57 Å². The molecule has 14 heavy (non-hydrogen) atoms. The minimum Gasteiger partial charge on any atom is -0.415 e. The second-order valence-electron chi connectivity index (χ2n) is 2.92. The summed E-state index contributed by atoms with van der Waals surface area (Å²) in [5.74, 6) is -0.532. The highest BCUT2D eigenvalue weighted by Crippen LogP contribution is 2.32. The van der Waals surface area contributed by atoms with Gasteiger partial charge in [0.25, 0.3) is 4.70 Å². The largest absolute Gasteiger partial charge is 0.415 e. The van der Waals surface area contributed by atoms with Gasteiger partial charge in [0.15, 0.2) is 0 Å². The Morgan fingerprint density at radius 2 is 1.93 bits per heavy atom. The number of carbonyl (C=O) groups excluding carboxylic acids is 1. The van der Waals surface area contributed by atoms with Crippen LogP contribution in [0.1, 0.15) is 5.56 Å². The van der Waals surface area contributed by atoms with Crippen molar-refractivity contribution in [2.75, 3.05) is 0 Å². The molecule has 3 nitrogen and oxygen atoms in total. The maximum atomic E-state index is 11.3. The van der Waals surface area contributed by atoms with Gasteiger partial charge >= 0.3 is 5.97 Å². The topological polar surface area (TPSA) is 46.5 Å². The molecule has 0 amide bonds. The Bertz CT molecular complexity index is 395. The Balaban J connectivity index is 2.42. The predicted molar refractivity (Wildman–Crippen MR) is 54.4 cm³/mol. The van der Waals surface area contributed by atoms with Crippen molar-refractivity contribution in [2.24, 2.45) is 0 Å². The number of hydrogen-bond donors (Lipinski definition) is 1. The highest BCUT2D eigenvalue weighted by atomic mass is 79.9. The Morgan fingerprint density at radius 1 is 1.29 bits per heavy atom. The first-order valence-corrected chi connectivity index (χ1v) is 4.81. The van der Waals surface area contributed by atoms with E-state index in [1.165, 1.54) is 6.08 Å². The molecule has 1 aromatic carbocycles. The number of halogens is 1. The first-order valence-electron chi connectivity index (χ1n) is 4.01. The lowest BCUT2D eigenvalue weighted by molar-refractivity contribution is -0.153. The van der Waals surface area contributed by atoms with Crippen molar-refractivity contribution in [1.82, 2.24) is 0 Å². The summed E-state index contributed by atoms with van der Waals surface area (Å²) in [5, 5.41) is 9.39. The van der Waals surface area contributed by atoms with Crippen molar-refractivity contribution in [3.05, 3.63) is 42.0 Å². The van der Waals surface area contributed by atoms with Gasteiger partial charge in [-0.15, -0.1) is 0 Å². The maximum absolute atomic E-state index is 11.3. The Morgan fingerprint density at radius 3 is 2.43 bits per heavy atom. The number of benzene rings is 1. The minimum absolute atomic E-state index is 0.366. The van der Waals surface area contributed by atoms with Crippen LogP contribution in [0.5, 0.6) is 0 Å². The van der Waals surface area contributed by atoms with Crippen LogP contribution in [-0.4, -0.2) is 15.8 Å². The second kappa shape index (κ2) is 3.22. The van der Waals surface area contributed by atoms with Crippen LogP contribution in [0.3, 0.4) is 0 Å². The van der Waals surface area contributed by atoms with Crippen LogP contribution in [0.4, 0.5) is 0 Å². The fourth-order valence-corrected chi connectivity index (χ4v) is 1.65. The third-order valence-electron chi connectivity index (χ3n) is 1.86. The average Bonchev–Trinajstić information content (AvgIpc) is 2.41. The summed E-state index contributed by atoms with van der Waals surface area (Å²) in [4.78, 5) is 11.3. The van der Waals surface area contributed by atoms with Crippen LogP contribution in [0, 0.1) is 0 Å². The van der Waals surface area contributed by atoms with Crippen molar-refractivity contribution in [2.45, 2.75) is 4.70 Å². The molecule has 1 unspecified atom stereocenters. The van der Waals surface area contributed by atoms with Crippen molar-refractivity contribution >= 4 is 27.5 Å². The fourth-order valence-electron chi connectivity index (χ4n) is 1.27. The molecule has 1 atom stereocenters. The zero-order valence-electron chi connectivity index (χ0n) is 7.11. The van der Waals surface area contributed by atoms with Crippen molar-refractivity contribution in [3.8, 4) is 0 Å². The third-order valence-corrected chi connectivity index (χ3v) is 2.25. The second-order valence-corrected chi connectivity index (χ2v) is 4.06. The van der Waals surface area contributed by atoms with E-state index in [0.717, 1.165) is 5.56 Å². The molecular weight excluding hydrogens is 248 g/mol. The van der Waals surface area contributed by atoms with Crippen LogP contribution < -0.4 is 0 Å². The molecule has 1 aliphatic heterocycles. The standard InChI is InChI=1S/C10H7BrO3/c11-10(13)6-8(9(12)14-10)7-4-2-1-3-5-7/h1-6,13H. The van der Waals surface area contributed by atoms with Gasteiger partial charge in [0, 0.05) is 6.08 Å². The lowest BCUT2D eigenvalue weighted by Crippen LogP contribution is -2.17.